The molecule has 0 aliphatic carbocycles. The summed E-state index contributed by atoms with van der Waals surface area (Å²) in [4.78, 5) is 11.8. The van der Waals surface area contributed by atoms with Crippen molar-refractivity contribution in [2.75, 3.05) is 6.54 Å². The number of carbonyl (C=O) groups is 1. The highest BCUT2D eigenvalue weighted by Crippen LogP contribution is 2.15. The van der Waals surface area contributed by atoms with Gasteiger partial charge in [-0.05, 0) is 30.8 Å². The minimum atomic E-state index is -0.380. The minimum Gasteiger partial charge on any atom is -0.344 e. The van der Waals surface area contributed by atoms with Crippen LogP contribution in [0, 0.1) is 5.92 Å². The van der Waals surface area contributed by atoms with Crippen LogP contribution in [0.3, 0.4) is 0 Å². The third-order valence-electron chi connectivity index (χ3n) is 2.32. The van der Waals surface area contributed by atoms with Crippen LogP contribution in [0.25, 0.3) is 0 Å². The van der Waals surface area contributed by atoms with Gasteiger partial charge in [0, 0.05) is 11.9 Å². The first-order valence-corrected chi connectivity index (χ1v) is 6.10. The Kier molecular flexibility index (Phi) is 4.37. The number of hydrogen-bond acceptors (Lipinski definition) is 5. The molecule has 0 saturated carbocycles. The van der Waals surface area contributed by atoms with Crippen molar-refractivity contribution in [2.24, 2.45) is 11.7 Å². The van der Waals surface area contributed by atoms with Crippen LogP contribution in [0.2, 0.25) is 0 Å². The van der Waals surface area contributed by atoms with E-state index in [9.17, 15) is 4.79 Å². The molecule has 5 nitrogen and oxygen atoms in total. The van der Waals surface area contributed by atoms with E-state index in [0.29, 0.717) is 18.2 Å². The van der Waals surface area contributed by atoms with E-state index in [1.165, 1.54) is 0 Å². The Hall–Kier alpha value is -1.01. The lowest BCUT2D eigenvalue weighted by Gasteiger charge is -2.30. The van der Waals surface area contributed by atoms with Crippen LogP contribution >= 0.6 is 11.5 Å². The Morgan fingerprint density at radius 3 is 2.81 bits per heavy atom. The molecule has 1 rings (SSSR count). The molecule has 1 amide bonds. The number of aromatic nitrogens is 2. The Morgan fingerprint density at radius 2 is 2.38 bits per heavy atom. The monoisotopic (exact) mass is 242 g/mol. The Morgan fingerprint density at radius 1 is 1.69 bits per heavy atom. The molecule has 0 saturated heterocycles. The zero-order chi connectivity index (χ0) is 12.2. The molecule has 0 bridgehead atoms. The van der Waals surface area contributed by atoms with Gasteiger partial charge in [-0.3, -0.25) is 4.79 Å². The van der Waals surface area contributed by atoms with E-state index in [1.807, 2.05) is 6.92 Å². The largest absolute Gasteiger partial charge is 0.344 e. The maximum absolute atomic E-state index is 11.8. The maximum Gasteiger partial charge on any atom is 0.273 e. The number of hydrogen-bond donors (Lipinski definition) is 2. The highest BCUT2D eigenvalue weighted by atomic mass is 32.1. The Labute approximate surface area is 99.6 Å². The summed E-state index contributed by atoms with van der Waals surface area (Å²) in [5.74, 6) is 0.268. The second-order valence-corrected chi connectivity index (χ2v) is 5.22. The van der Waals surface area contributed by atoms with Gasteiger partial charge in [0.05, 0.1) is 5.54 Å². The smallest absolute Gasteiger partial charge is 0.273 e. The molecule has 6 heteroatoms. The van der Waals surface area contributed by atoms with E-state index in [4.69, 9.17) is 5.73 Å². The predicted octanol–water partition coefficient (Wildman–Crippen LogP) is 1.03. The molecular weight excluding hydrogens is 224 g/mol. The van der Waals surface area contributed by atoms with Gasteiger partial charge in [0.25, 0.3) is 5.91 Å². The highest BCUT2D eigenvalue weighted by molar-refractivity contribution is 7.03. The quantitative estimate of drug-likeness (QED) is 0.808. The SMILES string of the molecule is CC(C)CC(C)(CN)NC(=O)c1csnn1. The molecule has 0 spiro atoms. The summed E-state index contributed by atoms with van der Waals surface area (Å²) in [5, 5.41) is 8.27. The second kappa shape index (κ2) is 5.36. The highest BCUT2D eigenvalue weighted by Gasteiger charge is 2.27. The van der Waals surface area contributed by atoms with Crippen LogP contribution in [0.4, 0.5) is 0 Å². The van der Waals surface area contributed by atoms with Crippen molar-refractivity contribution < 1.29 is 4.79 Å². The van der Waals surface area contributed by atoms with E-state index in [-0.39, 0.29) is 11.4 Å². The minimum absolute atomic E-state index is 0.206. The van der Waals surface area contributed by atoms with Crippen molar-refractivity contribution in [3.05, 3.63) is 11.1 Å². The molecule has 1 heterocycles. The maximum atomic E-state index is 11.8. The Bertz CT molecular complexity index is 339. The molecule has 0 aliphatic rings. The van der Waals surface area contributed by atoms with Gasteiger partial charge in [-0.25, -0.2) is 0 Å². The van der Waals surface area contributed by atoms with Gasteiger partial charge in [0.2, 0.25) is 0 Å². The second-order valence-electron chi connectivity index (χ2n) is 4.61. The molecule has 16 heavy (non-hydrogen) atoms. The molecule has 0 aliphatic heterocycles. The van der Waals surface area contributed by atoms with Crippen molar-refractivity contribution in [2.45, 2.75) is 32.7 Å². The molecule has 0 aromatic carbocycles. The summed E-state index contributed by atoms with van der Waals surface area (Å²) in [7, 11) is 0. The third kappa shape index (κ3) is 3.53. The standard InChI is InChI=1S/C10H18N4OS/c1-7(2)4-10(3,6-11)12-9(15)8-5-16-14-13-8/h5,7H,4,6,11H2,1-3H3,(H,12,15). The van der Waals surface area contributed by atoms with Crippen LogP contribution in [-0.4, -0.2) is 27.6 Å². The number of carbonyl (C=O) groups excluding carboxylic acids is 1. The zero-order valence-corrected chi connectivity index (χ0v) is 10.7. The normalized spacial score (nSPS) is 14.8. The molecular formula is C10H18N4OS. The molecule has 0 fully saturated rings. The number of nitrogens with zero attached hydrogens (tertiary/aromatic N) is 2. The molecule has 1 aromatic rings. The van der Waals surface area contributed by atoms with Crippen molar-refractivity contribution in [3.8, 4) is 0 Å². The lowest BCUT2D eigenvalue weighted by atomic mass is 9.90. The number of amides is 1. The molecule has 3 N–H and O–H groups in total. The molecule has 1 unspecified atom stereocenters. The molecule has 1 atom stereocenters. The average Bonchev–Trinajstić information content (AvgIpc) is 2.69. The van der Waals surface area contributed by atoms with E-state index in [0.717, 1.165) is 18.0 Å². The van der Waals surface area contributed by atoms with E-state index in [2.05, 4.69) is 28.8 Å². The lowest BCUT2D eigenvalue weighted by molar-refractivity contribution is 0.0893. The van der Waals surface area contributed by atoms with Gasteiger partial charge in [-0.15, -0.1) is 5.10 Å². The van der Waals surface area contributed by atoms with Gasteiger partial charge in [-0.1, -0.05) is 18.3 Å². The van der Waals surface area contributed by atoms with E-state index in [1.54, 1.807) is 5.38 Å². The zero-order valence-electron chi connectivity index (χ0n) is 9.86. The first-order valence-electron chi connectivity index (χ1n) is 5.26. The summed E-state index contributed by atoms with van der Waals surface area (Å²) >= 11 is 1.16. The van der Waals surface area contributed by atoms with Crippen molar-refractivity contribution in [1.82, 2.24) is 14.9 Å². The molecule has 90 valence electrons. The summed E-state index contributed by atoms with van der Waals surface area (Å²) in [6.07, 6.45) is 0.840. The van der Waals surface area contributed by atoms with E-state index >= 15 is 0 Å². The fourth-order valence-corrected chi connectivity index (χ4v) is 2.12. The van der Waals surface area contributed by atoms with Crippen LogP contribution in [0.15, 0.2) is 5.38 Å². The number of nitrogens with one attached hydrogen (secondary N) is 1. The predicted molar refractivity (Wildman–Crippen MR) is 64.3 cm³/mol. The first-order chi connectivity index (χ1) is 7.47. The summed E-state index contributed by atoms with van der Waals surface area (Å²) in [5.41, 5.74) is 5.68. The van der Waals surface area contributed by atoms with Gasteiger partial charge in [0.15, 0.2) is 5.69 Å². The number of rotatable bonds is 5. The van der Waals surface area contributed by atoms with E-state index < -0.39 is 0 Å². The Balaban J connectivity index is 2.66. The van der Waals surface area contributed by atoms with Crippen LogP contribution in [-0.2, 0) is 0 Å². The summed E-state index contributed by atoms with van der Waals surface area (Å²) in [6, 6.07) is 0. The lowest BCUT2D eigenvalue weighted by Crippen LogP contribution is -2.52. The average molecular weight is 242 g/mol. The van der Waals surface area contributed by atoms with Crippen LogP contribution < -0.4 is 11.1 Å². The fourth-order valence-electron chi connectivity index (χ4n) is 1.69. The topological polar surface area (TPSA) is 80.9 Å². The summed E-state index contributed by atoms with van der Waals surface area (Å²) < 4.78 is 3.66. The van der Waals surface area contributed by atoms with Crippen LogP contribution in [0.1, 0.15) is 37.7 Å². The fraction of sp³-hybridized carbons (Fsp3) is 0.700. The third-order valence-corrected chi connectivity index (χ3v) is 2.82. The molecule has 0 radical (unpaired) electrons. The number of nitrogens with two attached hydrogens (primary N) is 1. The van der Waals surface area contributed by atoms with Gasteiger partial charge in [0.1, 0.15) is 0 Å². The summed E-state index contributed by atoms with van der Waals surface area (Å²) in [6.45, 7) is 6.56. The molecule has 1 aromatic heterocycles. The van der Waals surface area contributed by atoms with Crippen molar-refractivity contribution in [1.29, 1.82) is 0 Å². The van der Waals surface area contributed by atoms with Crippen LogP contribution in [0.5, 0.6) is 0 Å². The van der Waals surface area contributed by atoms with Gasteiger partial charge >= 0.3 is 0 Å². The van der Waals surface area contributed by atoms with Gasteiger partial charge in [-0.2, -0.15) is 0 Å². The first kappa shape index (κ1) is 13.1. The van der Waals surface area contributed by atoms with Gasteiger partial charge < -0.3 is 11.1 Å². The van der Waals surface area contributed by atoms with Crippen molar-refractivity contribution >= 4 is 17.4 Å². The van der Waals surface area contributed by atoms with Crippen molar-refractivity contribution in [3.63, 3.8) is 0 Å².